The maximum absolute atomic E-state index is 13.8. The third-order valence-electron chi connectivity index (χ3n) is 6.47. The molecule has 1 aliphatic carbocycles. The van der Waals surface area contributed by atoms with E-state index in [-0.39, 0.29) is 24.4 Å². The van der Waals surface area contributed by atoms with Crippen molar-refractivity contribution in [2.24, 2.45) is 0 Å². The number of hydrogen-bond acceptors (Lipinski definition) is 4. The van der Waals surface area contributed by atoms with Gasteiger partial charge in [-0.15, -0.1) is 0 Å². The van der Waals surface area contributed by atoms with Crippen LogP contribution in [0.4, 0.5) is 0 Å². The molecule has 170 valence electrons. The molecule has 1 saturated heterocycles. The van der Waals surface area contributed by atoms with Crippen LogP contribution in [0.3, 0.4) is 0 Å². The Morgan fingerprint density at radius 3 is 2.41 bits per heavy atom. The fraction of sp³-hybridized carbons (Fsp3) is 0.462. The van der Waals surface area contributed by atoms with Crippen molar-refractivity contribution in [2.75, 3.05) is 20.3 Å². The van der Waals surface area contributed by atoms with Crippen LogP contribution in [-0.2, 0) is 16.1 Å². The predicted octanol–water partition coefficient (Wildman–Crippen LogP) is 4.34. The second kappa shape index (κ2) is 10.1. The average molecular weight is 437 g/mol. The molecule has 1 heterocycles. The van der Waals surface area contributed by atoms with Gasteiger partial charge in [0.25, 0.3) is 5.91 Å². The molecule has 2 aliphatic rings. The third kappa shape index (κ3) is 4.59. The lowest BCUT2D eigenvalue weighted by Gasteiger charge is -2.44. The zero-order valence-electron chi connectivity index (χ0n) is 19.0. The normalized spacial score (nSPS) is 19.9. The Bertz CT molecular complexity index is 940. The van der Waals surface area contributed by atoms with Gasteiger partial charge in [-0.05, 0) is 43.0 Å². The van der Waals surface area contributed by atoms with E-state index in [0.29, 0.717) is 24.7 Å². The topological polar surface area (TPSA) is 59.1 Å². The van der Waals surface area contributed by atoms with E-state index in [1.54, 1.807) is 12.0 Å². The van der Waals surface area contributed by atoms with Gasteiger partial charge < -0.3 is 19.3 Å². The Hall–Kier alpha value is -3.02. The predicted molar refractivity (Wildman–Crippen MR) is 122 cm³/mol. The van der Waals surface area contributed by atoms with Gasteiger partial charge in [0.1, 0.15) is 12.6 Å². The summed E-state index contributed by atoms with van der Waals surface area (Å²) in [6.45, 7) is 2.98. The van der Waals surface area contributed by atoms with E-state index in [4.69, 9.17) is 9.47 Å². The number of carbonyl (C=O) groups excluding carboxylic acids is 2. The molecule has 6 heteroatoms. The molecule has 2 amide bonds. The summed E-state index contributed by atoms with van der Waals surface area (Å²) in [5.74, 6) is 1.18. The van der Waals surface area contributed by atoms with Crippen molar-refractivity contribution in [3.8, 4) is 11.5 Å². The Morgan fingerprint density at radius 1 is 0.969 bits per heavy atom. The van der Waals surface area contributed by atoms with Crippen LogP contribution < -0.4 is 9.47 Å². The molecular formula is C26H32N2O4. The first-order valence-electron chi connectivity index (χ1n) is 11.6. The van der Waals surface area contributed by atoms with Crippen molar-refractivity contribution in [2.45, 2.75) is 57.7 Å². The first kappa shape index (κ1) is 22.2. The monoisotopic (exact) mass is 436 g/mol. The Labute approximate surface area is 190 Å². The molecule has 2 aromatic carbocycles. The van der Waals surface area contributed by atoms with E-state index in [9.17, 15) is 9.59 Å². The van der Waals surface area contributed by atoms with Gasteiger partial charge in [0.15, 0.2) is 11.5 Å². The molecule has 6 nitrogen and oxygen atoms in total. The highest BCUT2D eigenvalue weighted by Crippen LogP contribution is 2.37. The van der Waals surface area contributed by atoms with E-state index in [1.807, 2.05) is 60.4 Å². The van der Waals surface area contributed by atoms with Crippen molar-refractivity contribution in [3.05, 3.63) is 59.7 Å². The van der Waals surface area contributed by atoms with Crippen molar-refractivity contribution in [1.82, 2.24) is 9.80 Å². The molecule has 1 unspecified atom stereocenters. The van der Waals surface area contributed by atoms with Crippen molar-refractivity contribution in [3.63, 3.8) is 0 Å². The zero-order chi connectivity index (χ0) is 22.5. The number of rotatable bonds is 7. The highest BCUT2D eigenvalue weighted by molar-refractivity contribution is 5.96. The highest BCUT2D eigenvalue weighted by atomic mass is 16.5. The summed E-state index contributed by atoms with van der Waals surface area (Å²) < 4.78 is 11.2. The van der Waals surface area contributed by atoms with Crippen LogP contribution >= 0.6 is 0 Å². The second-order valence-corrected chi connectivity index (χ2v) is 8.51. The van der Waals surface area contributed by atoms with Gasteiger partial charge in [-0.3, -0.25) is 9.59 Å². The summed E-state index contributed by atoms with van der Waals surface area (Å²) in [4.78, 5) is 30.8. The number of carbonyl (C=O) groups is 2. The summed E-state index contributed by atoms with van der Waals surface area (Å²) in [5, 5.41) is 0. The van der Waals surface area contributed by atoms with Gasteiger partial charge in [-0.1, -0.05) is 55.7 Å². The molecule has 2 aromatic rings. The summed E-state index contributed by atoms with van der Waals surface area (Å²) in [6, 6.07) is 14.8. The van der Waals surface area contributed by atoms with E-state index in [0.717, 1.165) is 36.8 Å². The number of nitrogens with zero attached hydrogens (tertiary/aromatic N) is 2. The van der Waals surface area contributed by atoms with Gasteiger partial charge in [0, 0.05) is 12.6 Å². The van der Waals surface area contributed by atoms with Crippen LogP contribution in [0.1, 0.15) is 56.2 Å². The molecule has 2 fully saturated rings. The molecule has 1 saturated carbocycles. The minimum atomic E-state index is -0.678. The number of ether oxygens (including phenoxy) is 2. The number of amides is 2. The lowest BCUT2D eigenvalue weighted by molar-refractivity contribution is -0.160. The average Bonchev–Trinajstić information content (AvgIpc) is 2.83. The zero-order valence-corrected chi connectivity index (χ0v) is 19.0. The maximum Gasteiger partial charge on any atom is 0.250 e. The molecule has 1 atom stereocenters. The quantitative estimate of drug-likeness (QED) is 0.648. The summed E-state index contributed by atoms with van der Waals surface area (Å²) >= 11 is 0. The highest BCUT2D eigenvalue weighted by Gasteiger charge is 2.43. The van der Waals surface area contributed by atoms with Crippen molar-refractivity contribution < 1.29 is 19.1 Å². The molecule has 1 aliphatic heterocycles. The van der Waals surface area contributed by atoms with Crippen LogP contribution in [0, 0.1) is 0 Å². The van der Waals surface area contributed by atoms with Gasteiger partial charge in [0.05, 0.1) is 13.7 Å². The van der Waals surface area contributed by atoms with E-state index in [2.05, 4.69) is 0 Å². The molecule has 0 N–H and O–H groups in total. The second-order valence-electron chi connectivity index (χ2n) is 8.51. The van der Waals surface area contributed by atoms with Gasteiger partial charge in [-0.25, -0.2) is 0 Å². The summed E-state index contributed by atoms with van der Waals surface area (Å²) in [5.41, 5.74) is 1.75. The summed E-state index contributed by atoms with van der Waals surface area (Å²) in [6.07, 6.45) is 5.36. The molecule has 32 heavy (non-hydrogen) atoms. The van der Waals surface area contributed by atoms with Gasteiger partial charge in [-0.2, -0.15) is 0 Å². The lowest BCUT2D eigenvalue weighted by atomic mass is 9.91. The molecule has 0 spiro atoms. The van der Waals surface area contributed by atoms with E-state index >= 15 is 0 Å². The number of piperazine rings is 1. The van der Waals surface area contributed by atoms with Crippen LogP contribution in [0.25, 0.3) is 0 Å². The Morgan fingerprint density at radius 2 is 1.72 bits per heavy atom. The Kier molecular flexibility index (Phi) is 6.98. The molecular weight excluding hydrogens is 404 g/mol. The number of methoxy groups -OCH3 is 1. The Balaban J connectivity index is 1.71. The molecule has 0 radical (unpaired) electrons. The fourth-order valence-corrected chi connectivity index (χ4v) is 4.86. The van der Waals surface area contributed by atoms with Gasteiger partial charge >= 0.3 is 0 Å². The van der Waals surface area contributed by atoms with Crippen molar-refractivity contribution in [1.29, 1.82) is 0 Å². The largest absolute Gasteiger partial charge is 0.493 e. The minimum Gasteiger partial charge on any atom is -0.493 e. The third-order valence-corrected chi connectivity index (χ3v) is 6.47. The van der Waals surface area contributed by atoms with Crippen LogP contribution in [0.2, 0.25) is 0 Å². The van der Waals surface area contributed by atoms with E-state index in [1.165, 1.54) is 6.42 Å². The SMILES string of the molecule is CCOc1ccc(C2C(=O)N(C3CCCCC3)CC(=O)N2Cc2ccccc2)cc1OC. The summed E-state index contributed by atoms with van der Waals surface area (Å²) in [7, 11) is 1.59. The molecule has 4 rings (SSSR count). The van der Waals surface area contributed by atoms with Crippen LogP contribution in [-0.4, -0.2) is 47.9 Å². The standard InChI is InChI=1S/C26H32N2O4/c1-3-32-22-15-14-20(16-23(22)31-2)25-26(30)27(21-12-8-5-9-13-21)18-24(29)28(25)17-19-10-6-4-7-11-19/h4,6-7,10-11,14-16,21,25H,3,5,8-9,12-13,17-18H2,1-2H3. The fourth-order valence-electron chi connectivity index (χ4n) is 4.86. The van der Waals surface area contributed by atoms with E-state index < -0.39 is 6.04 Å². The van der Waals surface area contributed by atoms with Crippen LogP contribution in [0.15, 0.2) is 48.5 Å². The first-order valence-corrected chi connectivity index (χ1v) is 11.6. The first-order chi connectivity index (χ1) is 15.6. The van der Waals surface area contributed by atoms with Gasteiger partial charge in [0.2, 0.25) is 5.91 Å². The molecule has 0 bridgehead atoms. The maximum atomic E-state index is 13.8. The molecule has 0 aromatic heterocycles. The minimum absolute atomic E-state index is 0.00126. The van der Waals surface area contributed by atoms with Crippen molar-refractivity contribution >= 4 is 11.8 Å². The van der Waals surface area contributed by atoms with Crippen LogP contribution in [0.5, 0.6) is 11.5 Å². The smallest absolute Gasteiger partial charge is 0.250 e. The number of benzene rings is 2. The number of hydrogen-bond donors (Lipinski definition) is 0. The lowest BCUT2D eigenvalue weighted by Crippen LogP contribution is -2.58.